The van der Waals surface area contributed by atoms with Crippen LogP contribution in [-0.4, -0.2) is 53.4 Å². The van der Waals surface area contributed by atoms with Gasteiger partial charge in [-0.3, -0.25) is 0 Å². The molecule has 0 amide bonds. The first-order valence-electron chi connectivity index (χ1n) is 8.56. The number of nitrogens with zero attached hydrogens (tertiary/aromatic N) is 4. The third-order valence-electron chi connectivity index (χ3n) is 4.74. The Bertz CT molecular complexity index is 667. The second-order valence-electron chi connectivity index (χ2n) is 7.72. The fraction of sp³-hybridized carbons (Fsp3) is 0.588. The number of quaternary nitrogens is 2. The molecule has 0 unspecified atom stereocenters. The maximum absolute atomic E-state index is 6.09. The maximum atomic E-state index is 6.09. The highest BCUT2D eigenvalue weighted by molar-refractivity contribution is 6.30. The van der Waals surface area contributed by atoms with Crippen LogP contribution in [0.5, 0.6) is 0 Å². The van der Waals surface area contributed by atoms with Crippen LogP contribution in [-0.2, 0) is 5.54 Å². The van der Waals surface area contributed by atoms with Crippen LogP contribution in [0.4, 0.5) is 0 Å². The Labute approximate surface area is 148 Å². The van der Waals surface area contributed by atoms with Crippen molar-refractivity contribution in [1.82, 2.24) is 20.2 Å². The van der Waals surface area contributed by atoms with Gasteiger partial charge in [-0.05, 0) is 43.3 Å². The second kappa shape index (κ2) is 6.78. The Morgan fingerprint density at radius 2 is 1.71 bits per heavy atom. The van der Waals surface area contributed by atoms with Gasteiger partial charge in [-0.15, -0.1) is 5.10 Å². The van der Waals surface area contributed by atoms with Gasteiger partial charge in [0.05, 0.1) is 12.6 Å². The average molecular weight is 351 g/mol. The van der Waals surface area contributed by atoms with Crippen molar-refractivity contribution < 1.29 is 9.80 Å². The van der Waals surface area contributed by atoms with Crippen molar-refractivity contribution in [3.63, 3.8) is 0 Å². The van der Waals surface area contributed by atoms with E-state index < -0.39 is 0 Å². The molecule has 24 heavy (non-hydrogen) atoms. The van der Waals surface area contributed by atoms with Crippen LogP contribution in [0.15, 0.2) is 24.3 Å². The summed E-state index contributed by atoms with van der Waals surface area (Å²) < 4.78 is 1.96. The summed E-state index contributed by atoms with van der Waals surface area (Å²) in [5.74, 6) is 0.930. The van der Waals surface area contributed by atoms with Gasteiger partial charge in [0.1, 0.15) is 26.2 Å². The molecule has 0 radical (unpaired) electrons. The van der Waals surface area contributed by atoms with Gasteiger partial charge in [-0.2, -0.15) is 0 Å². The van der Waals surface area contributed by atoms with Crippen LogP contribution in [0.2, 0.25) is 5.02 Å². The number of halogens is 1. The summed E-state index contributed by atoms with van der Waals surface area (Å²) in [5.41, 5.74) is 1.06. The van der Waals surface area contributed by atoms with Crippen LogP contribution in [0.3, 0.4) is 0 Å². The quantitative estimate of drug-likeness (QED) is 0.791. The second-order valence-corrected chi connectivity index (χ2v) is 8.16. The molecule has 0 bridgehead atoms. The SMILES string of the molecule is C[NH+]1CC[NH+]([C@@H](c2ccc(Cl)cc2)c2nnnn2C(C)(C)C)CC1. The topological polar surface area (TPSA) is 52.5 Å². The van der Waals surface area contributed by atoms with Gasteiger partial charge in [0.2, 0.25) is 5.82 Å². The fourth-order valence-corrected chi connectivity index (χ4v) is 3.49. The van der Waals surface area contributed by atoms with Gasteiger partial charge in [-0.1, -0.05) is 23.7 Å². The molecule has 2 heterocycles. The number of aromatic nitrogens is 4. The molecule has 0 aliphatic carbocycles. The average Bonchev–Trinajstić information content (AvgIpc) is 3.01. The van der Waals surface area contributed by atoms with E-state index in [1.165, 1.54) is 10.5 Å². The monoisotopic (exact) mass is 350 g/mol. The predicted octanol–water partition coefficient (Wildman–Crippen LogP) is -0.416. The third-order valence-corrected chi connectivity index (χ3v) is 5.00. The highest BCUT2D eigenvalue weighted by Gasteiger charge is 2.36. The minimum Gasteiger partial charge on any atom is -0.328 e. The minimum atomic E-state index is -0.152. The van der Waals surface area contributed by atoms with Crippen LogP contribution in [0.25, 0.3) is 0 Å². The Morgan fingerprint density at radius 1 is 1.08 bits per heavy atom. The van der Waals surface area contributed by atoms with Crippen LogP contribution in [0.1, 0.15) is 38.2 Å². The number of hydrogen-bond acceptors (Lipinski definition) is 3. The van der Waals surface area contributed by atoms with E-state index in [4.69, 9.17) is 11.6 Å². The zero-order valence-electron chi connectivity index (χ0n) is 14.9. The number of benzene rings is 1. The maximum Gasteiger partial charge on any atom is 0.214 e. The molecule has 1 aromatic carbocycles. The lowest BCUT2D eigenvalue weighted by Gasteiger charge is -2.34. The fourth-order valence-electron chi connectivity index (χ4n) is 3.36. The molecule has 2 aromatic rings. The number of nitrogens with one attached hydrogen (secondary N) is 2. The van der Waals surface area contributed by atoms with E-state index in [0.717, 1.165) is 37.0 Å². The van der Waals surface area contributed by atoms with E-state index in [-0.39, 0.29) is 11.6 Å². The van der Waals surface area contributed by atoms with E-state index in [9.17, 15) is 0 Å². The summed E-state index contributed by atoms with van der Waals surface area (Å²) in [6, 6.07) is 8.25. The number of rotatable bonds is 3. The van der Waals surface area contributed by atoms with Crippen molar-refractivity contribution >= 4 is 11.6 Å². The largest absolute Gasteiger partial charge is 0.328 e. The summed E-state index contributed by atoms with van der Waals surface area (Å²) in [7, 11) is 2.26. The van der Waals surface area contributed by atoms with Crippen molar-refractivity contribution in [2.75, 3.05) is 33.2 Å². The van der Waals surface area contributed by atoms with Crippen LogP contribution < -0.4 is 9.80 Å². The van der Waals surface area contributed by atoms with Gasteiger partial charge < -0.3 is 9.80 Å². The molecule has 1 aliphatic heterocycles. The summed E-state index contributed by atoms with van der Waals surface area (Å²) >= 11 is 6.09. The summed E-state index contributed by atoms with van der Waals surface area (Å²) in [5, 5.41) is 13.4. The Kier molecular flexibility index (Phi) is 4.90. The highest BCUT2D eigenvalue weighted by atomic mass is 35.5. The number of piperazine rings is 1. The first-order valence-corrected chi connectivity index (χ1v) is 8.94. The normalized spacial score (nSPS) is 23.2. The Balaban J connectivity index is 2.02. The zero-order valence-corrected chi connectivity index (χ0v) is 15.6. The van der Waals surface area contributed by atoms with Gasteiger partial charge in [0, 0.05) is 10.6 Å². The standard InChI is InChI=1S/C17H25ClN6/c1-17(2,3)24-16(19-20-21-24)15(13-5-7-14(18)8-6-13)23-11-9-22(4)10-12-23/h5-8,15H,9-12H2,1-4H3/p+2/t15-/m0/s1. The van der Waals surface area contributed by atoms with Crippen molar-refractivity contribution in [1.29, 1.82) is 0 Å². The highest BCUT2D eigenvalue weighted by Crippen LogP contribution is 2.23. The molecule has 0 saturated carbocycles. The third kappa shape index (κ3) is 3.61. The molecule has 1 aromatic heterocycles. The molecule has 6 nitrogen and oxygen atoms in total. The Morgan fingerprint density at radius 3 is 2.29 bits per heavy atom. The van der Waals surface area contributed by atoms with E-state index in [2.05, 4.69) is 55.5 Å². The lowest BCUT2D eigenvalue weighted by Crippen LogP contribution is -3.27. The number of likely N-dealkylation sites (N-methyl/N-ethyl adjacent to an activating group) is 1. The first-order chi connectivity index (χ1) is 11.4. The molecule has 130 valence electrons. The zero-order chi connectivity index (χ0) is 17.3. The predicted molar refractivity (Wildman–Crippen MR) is 93.4 cm³/mol. The van der Waals surface area contributed by atoms with Gasteiger partial charge in [0.15, 0.2) is 6.04 Å². The molecular formula is C17H27ClN6+2. The summed E-state index contributed by atoms with van der Waals surface area (Å²) in [4.78, 5) is 3.10. The minimum absolute atomic E-state index is 0.129. The van der Waals surface area contributed by atoms with Gasteiger partial charge in [-0.25, -0.2) is 4.68 Å². The molecule has 7 heteroatoms. The lowest BCUT2D eigenvalue weighted by atomic mass is 10.0. The van der Waals surface area contributed by atoms with E-state index in [1.54, 1.807) is 4.90 Å². The molecule has 2 N–H and O–H groups in total. The van der Waals surface area contributed by atoms with Crippen molar-refractivity contribution in [2.24, 2.45) is 0 Å². The molecule has 1 atom stereocenters. The number of hydrogen-bond donors (Lipinski definition) is 2. The van der Waals surface area contributed by atoms with Gasteiger partial charge in [0.25, 0.3) is 0 Å². The number of tetrazole rings is 1. The molecule has 1 aliphatic rings. The smallest absolute Gasteiger partial charge is 0.214 e. The molecular weight excluding hydrogens is 324 g/mol. The molecule has 1 saturated heterocycles. The van der Waals surface area contributed by atoms with E-state index >= 15 is 0 Å². The van der Waals surface area contributed by atoms with Crippen molar-refractivity contribution in [3.8, 4) is 0 Å². The van der Waals surface area contributed by atoms with Crippen molar-refractivity contribution in [2.45, 2.75) is 32.4 Å². The molecule has 1 fully saturated rings. The van der Waals surface area contributed by atoms with E-state index in [0.29, 0.717) is 0 Å². The van der Waals surface area contributed by atoms with Crippen molar-refractivity contribution in [3.05, 3.63) is 40.7 Å². The summed E-state index contributed by atoms with van der Waals surface area (Å²) in [6.45, 7) is 10.9. The molecule has 0 spiro atoms. The summed E-state index contributed by atoms with van der Waals surface area (Å²) in [6.07, 6.45) is 0. The molecule has 3 rings (SSSR count). The first kappa shape index (κ1) is 17.3. The van der Waals surface area contributed by atoms with E-state index in [1.807, 2.05) is 16.8 Å². The van der Waals surface area contributed by atoms with Crippen LogP contribution >= 0.6 is 11.6 Å². The van der Waals surface area contributed by atoms with Crippen LogP contribution in [0, 0.1) is 0 Å². The Hall–Kier alpha value is -1.50. The lowest BCUT2D eigenvalue weighted by molar-refractivity contribution is -1.02. The van der Waals surface area contributed by atoms with Gasteiger partial charge >= 0.3 is 0 Å².